The van der Waals surface area contributed by atoms with Crippen LogP contribution in [-0.4, -0.2) is 9.38 Å². The van der Waals surface area contributed by atoms with Crippen LogP contribution in [0.4, 0.5) is 5.69 Å². The zero-order chi connectivity index (χ0) is 16.9. The Morgan fingerprint density at radius 3 is 2.29 bits per heavy atom. The van der Waals surface area contributed by atoms with Gasteiger partial charge in [-0.1, -0.05) is 56.3 Å². The number of benzene rings is 2. The molecule has 0 radical (unpaired) electrons. The largest absolute Gasteiger partial charge is 0.399 e. The molecule has 120 valence electrons. The topological polar surface area (TPSA) is 43.3 Å². The third kappa shape index (κ3) is 3.01. The van der Waals surface area contributed by atoms with Gasteiger partial charge in [0.05, 0.1) is 11.9 Å². The lowest BCUT2D eigenvalue weighted by molar-refractivity contribution is 1.19. The van der Waals surface area contributed by atoms with E-state index >= 15 is 0 Å². The van der Waals surface area contributed by atoms with E-state index in [0.717, 1.165) is 28.2 Å². The van der Waals surface area contributed by atoms with Crippen molar-refractivity contribution >= 4 is 11.3 Å². The van der Waals surface area contributed by atoms with Crippen LogP contribution >= 0.6 is 0 Å². The minimum atomic E-state index is 0.758. The Bertz CT molecular complexity index is 940. The van der Waals surface area contributed by atoms with Crippen LogP contribution in [0.15, 0.2) is 79.1 Å². The van der Waals surface area contributed by atoms with E-state index in [2.05, 4.69) is 39.8 Å². The molecule has 0 fully saturated rings. The number of nitrogens with zero attached hydrogens (tertiary/aromatic N) is 2. The molecule has 2 aromatic heterocycles. The molecule has 2 N–H and O–H groups in total. The van der Waals surface area contributed by atoms with Gasteiger partial charge in [0.15, 0.2) is 0 Å². The Labute approximate surface area is 142 Å². The van der Waals surface area contributed by atoms with Gasteiger partial charge in [0.1, 0.15) is 5.65 Å². The first-order valence-electron chi connectivity index (χ1n) is 8.20. The molecule has 0 saturated carbocycles. The molecule has 0 aliphatic carbocycles. The monoisotopic (exact) mass is 315 g/mol. The van der Waals surface area contributed by atoms with E-state index in [9.17, 15) is 0 Å². The number of imidazole rings is 1. The first kappa shape index (κ1) is 15.8. The molecule has 0 aliphatic heterocycles. The Kier molecular flexibility index (Phi) is 4.62. The van der Waals surface area contributed by atoms with E-state index in [4.69, 9.17) is 5.73 Å². The summed E-state index contributed by atoms with van der Waals surface area (Å²) in [6.07, 6.45) is 3.95. The van der Waals surface area contributed by atoms with Gasteiger partial charge in [-0.25, -0.2) is 4.98 Å². The van der Waals surface area contributed by atoms with Gasteiger partial charge in [0, 0.05) is 17.4 Å². The normalized spacial score (nSPS) is 10.2. The van der Waals surface area contributed by atoms with E-state index in [0.29, 0.717) is 0 Å². The highest BCUT2D eigenvalue weighted by molar-refractivity contribution is 5.71. The lowest BCUT2D eigenvalue weighted by Gasteiger charge is -2.05. The summed E-state index contributed by atoms with van der Waals surface area (Å²) < 4.78 is 2.08. The van der Waals surface area contributed by atoms with Gasteiger partial charge in [0.2, 0.25) is 0 Å². The molecular weight excluding hydrogens is 294 g/mol. The summed E-state index contributed by atoms with van der Waals surface area (Å²) in [4.78, 5) is 4.53. The van der Waals surface area contributed by atoms with E-state index in [1.165, 1.54) is 5.56 Å². The van der Waals surface area contributed by atoms with Crippen molar-refractivity contribution in [1.82, 2.24) is 9.38 Å². The average Bonchev–Trinajstić information content (AvgIpc) is 3.07. The summed E-state index contributed by atoms with van der Waals surface area (Å²) in [5, 5.41) is 0. The predicted octanol–water partition coefficient (Wildman–Crippen LogP) is 5.28. The molecule has 0 aliphatic rings. The van der Waals surface area contributed by atoms with Crippen LogP contribution in [0.5, 0.6) is 0 Å². The number of aromatic nitrogens is 2. The second-order valence-electron chi connectivity index (χ2n) is 5.28. The molecule has 0 unspecified atom stereocenters. The van der Waals surface area contributed by atoms with Crippen molar-refractivity contribution in [3.8, 4) is 22.4 Å². The van der Waals surface area contributed by atoms with Crippen LogP contribution in [0, 0.1) is 0 Å². The number of nitrogen functional groups attached to an aromatic ring is 1. The van der Waals surface area contributed by atoms with Crippen molar-refractivity contribution in [2.45, 2.75) is 13.8 Å². The number of nitrogens with two attached hydrogens (primary N) is 1. The molecule has 0 spiro atoms. The van der Waals surface area contributed by atoms with E-state index in [1.54, 1.807) is 0 Å². The van der Waals surface area contributed by atoms with Gasteiger partial charge in [-0.3, -0.25) is 4.40 Å². The molecule has 4 aromatic rings. The summed E-state index contributed by atoms with van der Waals surface area (Å²) >= 11 is 0. The molecule has 3 nitrogen and oxygen atoms in total. The van der Waals surface area contributed by atoms with E-state index in [-0.39, 0.29) is 0 Å². The zero-order valence-corrected chi connectivity index (χ0v) is 14.0. The molecule has 2 aromatic carbocycles. The van der Waals surface area contributed by atoms with Crippen LogP contribution in [0.2, 0.25) is 0 Å². The smallest absolute Gasteiger partial charge is 0.137 e. The summed E-state index contributed by atoms with van der Waals surface area (Å²) in [6.45, 7) is 4.00. The number of pyridine rings is 1. The second-order valence-corrected chi connectivity index (χ2v) is 5.28. The molecule has 3 heteroatoms. The van der Waals surface area contributed by atoms with Crippen molar-refractivity contribution in [1.29, 1.82) is 0 Å². The minimum Gasteiger partial charge on any atom is -0.399 e. The average molecular weight is 315 g/mol. The van der Waals surface area contributed by atoms with Gasteiger partial charge < -0.3 is 5.73 Å². The molecule has 2 heterocycles. The second kappa shape index (κ2) is 7.01. The maximum Gasteiger partial charge on any atom is 0.137 e. The van der Waals surface area contributed by atoms with Gasteiger partial charge in [-0.05, 0) is 35.4 Å². The van der Waals surface area contributed by atoms with Crippen molar-refractivity contribution in [2.24, 2.45) is 0 Å². The Balaban J connectivity index is 0.000000815. The van der Waals surface area contributed by atoms with Crippen LogP contribution in [0.1, 0.15) is 13.8 Å². The Morgan fingerprint density at radius 2 is 1.54 bits per heavy atom. The van der Waals surface area contributed by atoms with Crippen LogP contribution < -0.4 is 5.73 Å². The highest BCUT2D eigenvalue weighted by atomic mass is 15.0. The predicted molar refractivity (Wildman–Crippen MR) is 102 cm³/mol. The maximum atomic E-state index is 5.88. The number of rotatable bonds is 2. The number of hydrogen-bond acceptors (Lipinski definition) is 2. The summed E-state index contributed by atoms with van der Waals surface area (Å²) in [6, 6.07) is 22.4. The summed E-state index contributed by atoms with van der Waals surface area (Å²) in [7, 11) is 0. The zero-order valence-electron chi connectivity index (χ0n) is 14.0. The number of fused-ring (bicyclic) bond motifs is 1. The highest BCUT2D eigenvalue weighted by Gasteiger charge is 2.07. The van der Waals surface area contributed by atoms with Crippen molar-refractivity contribution in [3.63, 3.8) is 0 Å². The quantitative estimate of drug-likeness (QED) is 0.512. The summed E-state index contributed by atoms with van der Waals surface area (Å²) in [5.74, 6) is 0. The van der Waals surface area contributed by atoms with Gasteiger partial charge >= 0.3 is 0 Å². The van der Waals surface area contributed by atoms with Gasteiger partial charge in [-0.2, -0.15) is 0 Å². The van der Waals surface area contributed by atoms with E-state index < -0.39 is 0 Å². The first-order chi connectivity index (χ1) is 11.8. The molecule has 0 bridgehead atoms. The molecule has 0 saturated heterocycles. The number of hydrogen-bond donors (Lipinski definition) is 1. The fraction of sp³-hybridized carbons (Fsp3) is 0.0952. The lowest BCUT2D eigenvalue weighted by Crippen LogP contribution is -1.90. The van der Waals surface area contributed by atoms with Crippen molar-refractivity contribution in [3.05, 3.63) is 79.1 Å². The number of anilines is 1. The Hall–Kier alpha value is -3.07. The summed E-state index contributed by atoms with van der Waals surface area (Å²) in [5.41, 5.74) is 12.0. The molecule has 24 heavy (non-hydrogen) atoms. The van der Waals surface area contributed by atoms with Crippen molar-refractivity contribution < 1.29 is 0 Å². The Morgan fingerprint density at radius 1 is 0.792 bits per heavy atom. The highest BCUT2D eigenvalue weighted by Crippen LogP contribution is 2.25. The van der Waals surface area contributed by atoms with E-state index in [1.807, 2.05) is 62.5 Å². The van der Waals surface area contributed by atoms with Gasteiger partial charge in [-0.15, -0.1) is 0 Å². The standard InChI is InChI=1S/C19H15N3.C2H6/c20-17-8-4-7-16(11-17)18-13-21-19-12-15(9-10-22(18)19)14-5-2-1-3-6-14;1-2/h1-13H,20H2;1-2H3. The van der Waals surface area contributed by atoms with Crippen LogP contribution in [0.3, 0.4) is 0 Å². The van der Waals surface area contributed by atoms with Crippen molar-refractivity contribution in [2.75, 3.05) is 5.73 Å². The minimum absolute atomic E-state index is 0.758. The maximum absolute atomic E-state index is 5.88. The molecule has 4 rings (SSSR count). The third-order valence-electron chi connectivity index (χ3n) is 3.80. The lowest BCUT2D eigenvalue weighted by atomic mass is 10.1. The van der Waals surface area contributed by atoms with Gasteiger partial charge in [0.25, 0.3) is 0 Å². The fourth-order valence-corrected chi connectivity index (χ4v) is 2.70. The SMILES string of the molecule is CC.Nc1cccc(-c2cnc3cc(-c4ccccc4)ccn23)c1. The van der Waals surface area contributed by atoms with Crippen LogP contribution in [0.25, 0.3) is 28.0 Å². The fourth-order valence-electron chi connectivity index (χ4n) is 2.70. The third-order valence-corrected chi connectivity index (χ3v) is 3.80. The molecule has 0 atom stereocenters. The van der Waals surface area contributed by atoms with Crippen LogP contribution in [-0.2, 0) is 0 Å². The first-order valence-corrected chi connectivity index (χ1v) is 8.20. The molecular formula is C21H21N3. The molecule has 0 amide bonds.